The molecule has 3 rings (SSSR count). The molecule has 2 heterocycles. The molecule has 2 N–H and O–H groups in total. The highest BCUT2D eigenvalue weighted by Crippen LogP contribution is 2.29. The molecule has 6 heteroatoms. The lowest BCUT2D eigenvalue weighted by molar-refractivity contribution is -0.140. The van der Waals surface area contributed by atoms with Crippen molar-refractivity contribution in [1.29, 1.82) is 0 Å². The molecule has 2 fully saturated rings. The van der Waals surface area contributed by atoms with E-state index in [0.717, 1.165) is 32.1 Å². The van der Waals surface area contributed by atoms with Crippen LogP contribution in [0.5, 0.6) is 0 Å². The van der Waals surface area contributed by atoms with Crippen LogP contribution in [0.15, 0.2) is 11.6 Å². The van der Waals surface area contributed by atoms with Crippen LogP contribution in [0.4, 0.5) is 0 Å². The molecule has 2 atom stereocenters. The Morgan fingerprint density at radius 2 is 2.05 bits per heavy atom. The lowest BCUT2D eigenvalue weighted by Gasteiger charge is -2.42. The molecule has 1 aliphatic heterocycles. The van der Waals surface area contributed by atoms with Crippen LogP contribution in [0.1, 0.15) is 48.3 Å². The van der Waals surface area contributed by atoms with Crippen LogP contribution in [-0.4, -0.2) is 40.2 Å². The molecule has 1 aromatic heterocycles. The van der Waals surface area contributed by atoms with Gasteiger partial charge >= 0.3 is 0 Å². The molecule has 0 bridgehead atoms. The number of likely N-dealkylation sites (tertiary alicyclic amines) is 1. The Balaban J connectivity index is 1.63. The van der Waals surface area contributed by atoms with Gasteiger partial charge in [-0.15, -0.1) is 11.3 Å². The zero-order chi connectivity index (χ0) is 14.8. The van der Waals surface area contributed by atoms with Gasteiger partial charge < -0.3 is 10.6 Å². The first kappa shape index (κ1) is 14.7. The van der Waals surface area contributed by atoms with E-state index in [-0.39, 0.29) is 23.7 Å². The zero-order valence-electron chi connectivity index (χ0n) is 12.0. The maximum Gasteiger partial charge on any atom is 0.240 e. The third kappa shape index (κ3) is 2.87. The molecule has 0 aromatic carbocycles. The molecule has 1 aromatic rings. The summed E-state index contributed by atoms with van der Waals surface area (Å²) in [5.74, 6) is 0.186. The second-order valence-corrected chi connectivity index (χ2v) is 6.86. The highest BCUT2D eigenvalue weighted by molar-refractivity contribution is 7.11. The molecule has 1 saturated carbocycles. The Morgan fingerprint density at radius 3 is 2.62 bits per heavy atom. The van der Waals surface area contributed by atoms with Crippen molar-refractivity contribution in [3.8, 4) is 0 Å². The summed E-state index contributed by atoms with van der Waals surface area (Å²) in [7, 11) is 0. The van der Waals surface area contributed by atoms with E-state index >= 15 is 0 Å². The van der Waals surface area contributed by atoms with Gasteiger partial charge in [0.2, 0.25) is 11.7 Å². The highest BCUT2D eigenvalue weighted by atomic mass is 32.1. The number of rotatable bonds is 4. The number of aromatic nitrogens is 1. The fourth-order valence-electron chi connectivity index (χ4n) is 3.30. The lowest BCUT2D eigenvalue weighted by Crippen LogP contribution is -2.60. The van der Waals surface area contributed by atoms with E-state index in [1.807, 2.05) is 0 Å². The van der Waals surface area contributed by atoms with E-state index in [1.165, 1.54) is 17.8 Å². The minimum Gasteiger partial charge on any atom is -0.331 e. The van der Waals surface area contributed by atoms with Gasteiger partial charge in [-0.1, -0.05) is 19.3 Å². The monoisotopic (exact) mass is 307 g/mol. The molecule has 1 aliphatic carbocycles. The molecule has 1 amide bonds. The minimum atomic E-state index is -0.447. The van der Waals surface area contributed by atoms with Gasteiger partial charge in [0.1, 0.15) is 0 Å². The average Bonchev–Trinajstić information content (AvgIpc) is 3.00. The Morgan fingerprint density at radius 1 is 1.29 bits per heavy atom. The van der Waals surface area contributed by atoms with Crippen LogP contribution < -0.4 is 5.73 Å². The number of hydrogen-bond acceptors (Lipinski definition) is 5. The first-order valence-corrected chi connectivity index (χ1v) is 8.56. The van der Waals surface area contributed by atoms with E-state index in [2.05, 4.69) is 4.98 Å². The summed E-state index contributed by atoms with van der Waals surface area (Å²) >= 11 is 1.33. The predicted molar refractivity (Wildman–Crippen MR) is 81.1 cm³/mol. The first-order chi connectivity index (χ1) is 10.2. The van der Waals surface area contributed by atoms with Gasteiger partial charge in [-0.2, -0.15) is 0 Å². The fourth-order valence-corrected chi connectivity index (χ4v) is 3.92. The lowest BCUT2D eigenvalue weighted by atomic mass is 9.83. The normalized spacial score (nSPS) is 24.4. The number of nitrogens with two attached hydrogens (primary N) is 1. The highest BCUT2D eigenvalue weighted by Gasteiger charge is 2.41. The smallest absolute Gasteiger partial charge is 0.240 e. The maximum atomic E-state index is 12.5. The Hall–Kier alpha value is -1.27. The van der Waals surface area contributed by atoms with E-state index in [9.17, 15) is 9.59 Å². The topological polar surface area (TPSA) is 76.3 Å². The summed E-state index contributed by atoms with van der Waals surface area (Å²) < 4.78 is 0. The summed E-state index contributed by atoms with van der Waals surface area (Å²) in [5.41, 5.74) is 6.17. The van der Waals surface area contributed by atoms with Crippen molar-refractivity contribution in [1.82, 2.24) is 9.88 Å². The Bertz CT molecular complexity index is 511. The first-order valence-electron chi connectivity index (χ1n) is 7.68. The van der Waals surface area contributed by atoms with Gasteiger partial charge in [-0.3, -0.25) is 9.59 Å². The number of amides is 1. The third-order valence-electron chi connectivity index (χ3n) is 4.69. The van der Waals surface area contributed by atoms with E-state index in [0.29, 0.717) is 11.6 Å². The second-order valence-electron chi connectivity index (χ2n) is 5.96. The van der Waals surface area contributed by atoms with Crippen molar-refractivity contribution in [3.05, 3.63) is 16.6 Å². The van der Waals surface area contributed by atoms with Gasteiger partial charge in [0.25, 0.3) is 0 Å². The van der Waals surface area contributed by atoms with Gasteiger partial charge in [-0.25, -0.2) is 4.98 Å². The predicted octanol–water partition coefficient (Wildman–Crippen LogP) is 1.83. The van der Waals surface area contributed by atoms with Crippen LogP contribution in [-0.2, 0) is 4.79 Å². The summed E-state index contributed by atoms with van der Waals surface area (Å²) in [5, 5.41) is 2.27. The van der Waals surface area contributed by atoms with Crippen LogP contribution in [0.3, 0.4) is 0 Å². The quantitative estimate of drug-likeness (QED) is 0.861. The molecule has 1 saturated heterocycles. The van der Waals surface area contributed by atoms with Gasteiger partial charge in [0.15, 0.2) is 5.01 Å². The van der Waals surface area contributed by atoms with Crippen LogP contribution in [0, 0.1) is 5.92 Å². The number of thiazole rings is 1. The van der Waals surface area contributed by atoms with Crippen LogP contribution >= 0.6 is 11.3 Å². The van der Waals surface area contributed by atoms with Crippen molar-refractivity contribution in [2.24, 2.45) is 11.7 Å². The van der Waals surface area contributed by atoms with Crippen molar-refractivity contribution in [3.63, 3.8) is 0 Å². The molecule has 21 heavy (non-hydrogen) atoms. The Kier molecular flexibility index (Phi) is 4.35. The second kappa shape index (κ2) is 6.23. The molecule has 5 nitrogen and oxygen atoms in total. The fraction of sp³-hybridized carbons (Fsp3) is 0.667. The van der Waals surface area contributed by atoms with Gasteiger partial charge in [0.05, 0.1) is 12.1 Å². The minimum absolute atomic E-state index is 0.0413. The molecule has 0 radical (unpaired) electrons. The molecular weight excluding hydrogens is 286 g/mol. The number of Topliss-reactive ketones (excluding diaryl/α,β-unsaturated/α-hetero) is 1. The van der Waals surface area contributed by atoms with Crippen molar-refractivity contribution in [2.75, 3.05) is 6.54 Å². The maximum absolute atomic E-state index is 12.5. The molecular formula is C15H21N3O2S. The van der Waals surface area contributed by atoms with Crippen molar-refractivity contribution >= 4 is 23.0 Å². The Labute approximate surface area is 128 Å². The van der Waals surface area contributed by atoms with Gasteiger partial charge in [-0.05, 0) is 25.2 Å². The summed E-state index contributed by atoms with van der Waals surface area (Å²) in [4.78, 5) is 30.6. The summed E-state index contributed by atoms with van der Waals surface area (Å²) in [6.07, 6.45) is 7.97. The van der Waals surface area contributed by atoms with Crippen LogP contribution in [0.2, 0.25) is 0 Å². The van der Waals surface area contributed by atoms with E-state index in [4.69, 9.17) is 5.73 Å². The number of ketones is 1. The molecule has 0 unspecified atom stereocenters. The largest absolute Gasteiger partial charge is 0.331 e. The standard InChI is InChI=1S/C15H21N3O2S/c16-12(10-4-2-1-3-5-10)15(20)18-8-6-11(18)13(19)14-17-7-9-21-14/h7,9-12H,1-6,8,16H2/t11-,12+/m0/s1. The zero-order valence-corrected chi connectivity index (χ0v) is 12.8. The number of nitrogens with zero attached hydrogens (tertiary/aromatic N) is 2. The average molecular weight is 307 g/mol. The number of carbonyl (C=O) groups is 2. The summed E-state index contributed by atoms with van der Waals surface area (Å²) in [6, 6.07) is -0.796. The third-order valence-corrected chi connectivity index (χ3v) is 5.48. The van der Waals surface area contributed by atoms with Crippen molar-refractivity contribution in [2.45, 2.75) is 50.6 Å². The molecule has 0 spiro atoms. The van der Waals surface area contributed by atoms with Crippen LogP contribution in [0.25, 0.3) is 0 Å². The van der Waals surface area contributed by atoms with Crippen molar-refractivity contribution < 1.29 is 9.59 Å². The van der Waals surface area contributed by atoms with E-state index < -0.39 is 6.04 Å². The molecule has 2 aliphatic rings. The van der Waals surface area contributed by atoms with Gasteiger partial charge in [0, 0.05) is 18.1 Å². The summed E-state index contributed by atoms with van der Waals surface area (Å²) in [6.45, 7) is 0.640. The van der Waals surface area contributed by atoms with E-state index in [1.54, 1.807) is 16.5 Å². The SMILES string of the molecule is N[C@@H](C(=O)N1CC[C@H]1C(=O)c1nccs1)C1CCCCC1. The number of carbonyl (C=O) groups excluding carboxylic acids is 2. The molecule has 114 valence electrons. The number of hydrogen-bond donors (Lipinski definition) is 1.